The fourth-order valence-corrected chi connectivity index (χ4v) is 5.23. The Morgan fingerprint density at radius 3 is 2.34 bits per heavy atom. The van der Waals surface area contributed by atoms with Gasteiger partial charge in [-0.2, -0.15) is 0 Å². The van der Waals surface area contributed by atoms with E-state index in [1.807, 2.05) is 65.7 Å². The number of hydrogen-bond acceptors (Lipinski definition) is 5. The van der Waals surface area contributed by atoms with Crippen LogP contribution in [0.1, 0.15) is 23.5 Å². The van der Waals surface area contributed by atoms with Crippen molar-refractivity contribution in [3.63, 3.8) is 0 Å². The van der Waals surface area contributed by atoms with Crippen molar-refractivity contribution < 1.29 is 13.5 Å². The zero-order chi connectivity index (χ0) is 24.6. The van der Waals surface area contributed by atoms with Crippen LogP contribution in [0.15, 0.2) is 91.3 Å². The number of pyridine rings is 1. The second-order valence-electron chi connectivity index (χ2n) is 8.24. The second kappa shape index (κ2) is 9.05. The van der Waals surface area contributed by atoms with Gasteiger partial charge in [-0.3, -0.25) is 9.71 Å². The van der Waals surface area contributed by atoms with Crippen molar-refractivity contribution >= 4 is 38.7 Å². The first kappa shape index (κ1) is 22.9. The normalized spacial score (nSPS) is 17.9. The molecule has 4 aromatic rings. The van der Waals surface area contributed by atoms with Crippen molar-refractivity contribution in [2.45, 2.75) is 12.1 Å². The molecule has 1 aliphatic heterocycles. The third kappa shape index (κ3) is 4.71. The standard InChI is InChI=1S/C25H23N5O3S2/c1-35(32,33)28-17-7-9-19(10-8-17)30-24(23(27-25(30)34)21-5-2-3-15-26-21)22-6-4-16-29(22)18-11-13-20(31)14-12-18/h2-16,23-24,28,31H,1H3,(H,27,34). The van der Waals surface area contributed by atoms with E-state index >= 15 is 0 Å². The van der Waals surface area contributed by atoms with E-state index in [9.17, 15) is 13.5 Å². The molecule has 0 aliphatic carbocycles. The Bertz CT molecular complexity index is 1450. The highest BCUT2D eigenvalue weighted by atomic mass is 32.2. The molecule has 0 amide bonds. The van der Waals surface area contributed by atoms with Gasteiger partial charge in [0.05, 0.1) is 18.0 Å². The average Bonchev–Trinajstić information content (AvgIpc) is 3.44. The topological polar surface area (TPSA) is 99.5 Å². The number of hydrogen-bond donors (Lipinski definition) is 3. The monoisotopic (exact) mass is 505 g/mol. The lowest BCUT2D eigenvalue weighted by Crippen LogP contribution is -2.30. The number of nitrogens with one attached hydrogen (secondary N) is 2. The smallest absolute Gasteiger partial charge is 0.229 e. The van der Waals surface area contributed by atoms with Crippen molar-refractivity contribution in [3.05, 3.63) is 103 Å². The quantitative estimate of drug-likeness (QED) is 0.339. The van der Waals surface area contributed by atoms with Crippen LogP contribution in [0.3, 0.4) is 0 Å². The van der Waals surface area contributed by atoms with Gasteiger partial charge in [-0.25, -0.2) is 8.42 Å². The molecule has 178 valence electrons. The molecule has 3 heterocycles. The average molecular weight is 506 g/mol. The van der Waals surface area contributed by atoms with Gasteiger partial charge in [0.1, 0.15) is 11.8 Å². The molecule has 0 bridgehead atoms. The minimum absolute atomic E-state index is 0.196. The van der Waals surface area contributed by atoms with Gasteiger partial charge >= 0.3 is 0 Å². The molecule has 2 aromatic carbocycles. The lowest BCUT2D eigenvalue weighted by Gasteiger charge is -2.29. The second-order valence-corrected chi connectivity index (χ2v) is 10.4. The lowest BCUT2D eigenvalue weighted by atomic mass is 10.0. The summed E-state index contributed by atoms with van der Waals surface area (Å²) < 4.78 is 27.8. The molecule has 2 unspecified atom stereocenters. The van der Waals surface area contributed by atoms with Crippen LogP contribution in [-0.2, 0) is 10.0 Å². The fraction of sp³-hybridized carbons (Fsp3) is 0.120. The molecule has 2 atom stereocenters. The maximum atomic E-state index is 11.6. The van der Waals surface area contributed by atoms with Gasteiger partial charge in [-0.1, -0.05) is 6.07 Å². The zero-order valence-electron chi connectivity index (χ0n) is 18.7. The van der Waals surface area contributed by atoms with E-state index in [0.717, 1.165) is 29.0 Å². The highest BCUT2D eigenvalue weighted by Crippen LogP contribution is 2.42. The maximum Gasteiger partial charge on any atom is 0.229 e. The highest BCUT2D eigenvalue weighted by Gasteiger charge is 2.42. The van der Waals surface area contributed by atoms with Crippen molar-refractivity contribution in [1.29, 1.82) is 0 Å². The van der Waals surface area contributed by atoms with Gasteiger partial charge in [0.25, 0.3) is 0 Å². The van der Waals surface area contributed by atoms with Gasteiger partial charge < -0.3 is 19.9 Å². The summed E-state index contributed by atoms with van der Waals surface area (Å²) in [5, 5.41) is 13.7. The van der Waals surface area contributed by atoms with E-state index in [-0.39, 0.29) is 17.8 Å². The van der Waals surface area contributed by atoms with Crippen molar-refractivity contribution in [3.8, 4) is 11.4 Å². The number of anilines is 2. The summed E-state index contributed by atoms with van der Waals surface area (Å²) in [7, 11) is -3.38. The lowest BCUT2D eigenvalue weighted by molar-refractivity contribution is 0.475. The van der Waals surface area contributed by atoms with E-state index in [1.54, 1.807) is 30.5 Å². The molecule has 2 aromatic heterocycles. The SMILES string of the molecule is CS(=O)(=O)Nc1ccc(N2C(=S)NC(c3ccccn3)C2c2cccn2-c2ccc(O)cc2)cc1. The van der Waals surface area contributed by atoms with Gasteiger partial charge in [-0.05, 0) is 85.0 Å². The first-order valence-electron chi connectivity index (χ1n) is 10.9. The van der Waals surface area contributed by atoms with E-state index in [1.165, 1.54) is 0 Å². The van der Waals surface area contributed by atoms with Crippen LogP contribution in [0.25, 0.3) is 5.69 Å². The number of benzene rings is 2. The molecular formula is C25H23N5O3S2. The highest BCUT2D eigenvalue weighted by molar-refractivity contribution is 7.92. The number of sulfonamides is 1. The van der Waals surface area contributed by atoms with Crippen LogP contribution in [-0.4, -0.2) is 34.4 Å². The number of nitrogens with zero attached hydrogens (tertiary/aromatic N) is 3. The minimum atomic E-state index is -3.38. The van der Waals surface area contributed by atoms with Crippen LogP contribution >= 0.6 is 12.2 Å². The summed E-state index contributed by atoms with van der Waals surface area (Å²) in [6.07, 6.45) is 4.84. The molecule has 0 radical (unpaired) electrons. The zero-order valence-corrected chi connectivity index (χ0v) is 20.4. The molecule has 0 spiro atoms. The summed E-state index contributed by atoms with van der Waals surface area (Å²) >= 11 is 5.78. The Morgan fingerprint density at radius 2 is 1.69 bits per heavy atom. The molecule has 1 fully saturated rings. The predicted octanol–water partition coefficient (Wildman–Crippen LogP) is 4.13. The van der Waals surface area contributed by atoms with Gasteiger partial charge in [-0.15, -0.1) is 0 Å². The molecule has 3 N–H and O–H groups in total. The van der Waals surface area contributed by atoms with Gasteiger partial charge in [0.2, 0.25) is 10.0 Å². The van der Waals surface area contributed by atoms with Crippen molar-refractivity contribution in [2.24, 2.45) is 0 Å². The van der Waals surface area contributed by atoms with E-state index < -0.39 is 10.0 Å². The summed E-state index contributed by atoms with van der Waals surface area (Å²) in [6.45, 7) is 0. The van der Waals surface area contributed by atoms with Crippen LogP contribution in [0.4, 0.5) is 11.4 Å². The number of phenolic OH excluding ortho intramolecular Hbond substituents is 1. The Morgan fingerprint density at radius 1 is 0.971 bits per heavy atom. The Hall–Kier alpha value is -3.89. The number of aromatic hydroxyl groups is 1. The van der Waals surface area contributed by atoms with Crippen molar-refractivity contribution in [1.82, 2.24) is 14.9 Å². The van der Waals surface area contributed by atoms with Crippen LogP contribution in [0.5, 0.6) is 5.75 Å². The maximum absolute atomic E-state index is 11.6. The first-order valence-corrected chi connectivity index (χ1v) is 13.2. The molecule has 1 aliphatic rings. The Kier molecular flexibility index (Phi) is 5.91. The third-order valence-corrected chi connectivity index (χ3v) is 6.68. The summed E-state index contributed by atoms with van der Waals surface area (Å²) in [4.78, 5) is 6.60. The largest absolute Gasteiger partial charge is 0.508 e. The van der Waals surface area contributed by atoms with E-state index in [4.69, 9.17) is 12.2 Å². The Balaban J connectivity index is 1.60. The molecule has 35 heavy (non-hydrogen) atoms. The third-order valence-electron chi connectivity index (χ3n) is 5.76. The summed E-state index contributed by atoms with van der Waals surface area (Å²) in [5.74, 6) is 0.196. The summed E-state index contributed by atoms with van der Waals surface area (Å²) in [5.41, 5.74) is 3.99. The van der Waals surface area contributed by atoms with Crippen molar-refractivity contribution in [2.75, 3.05) is 15.9 Å². The van der Waals surface area contributed by atoms with Gasteiger partial charge in [0, 0.05) is 35.1 Å². The number of thiocarbonyl (C=S) groups is 1. The first-order chi connectivity index (χ1) is 16.8. The van der Waals surface area contributed by atoms with Crippen LogP contribution in [0, 0.1) is 0 Å². The predicted molar refractivity (Wildman–Crippen MR) is 140 cm³/mol. The van der Waals surface area contributed by atoms with E-state index in [2.05, 4.69) is 19.6 Å². The molecular weight excluding hydrogens is 482 g/mol. The number of phenols is 1. The molecule has 8 nitrogen and oxygen atoms in total. The Labute approximate surface area is 208 Å². The van der Waals surface area contributed by atoms with Crippen LogP contribution < -0.4 is 14.9 Å². The molecule has 0 saturated carbocycles. The van der Waals surface area contributed by atoms with E-state index in [0.29, 0.717) is 10.8 Å². The van der Waals surface area contributed by atoms with Crippen LogP contribution in [0.2, 0.25) is 0 Å². The number of aromatic nitrogens is 2. The molecule has 1 saturated heterocycles. The van der Waals surface area contributed by atoms with Gasteiger partial charge in [0.15, 0.2) is 5.11 Å². The molecule has 10 heteroatoms. The molecule has 5 rings (SSSR count). The fourth-order valence-electron chi connectivity index (χ4n) is 4.32. The number of rotatable bonds is 6. The summed E-state index contributed by atoms with van der Waals surface area (Å²) in [6, 6.07) is 23.4. The minimum Gasteiger partial charge on any atom is -0.508 e.